The lowest BCUT2D eigenvalue weighted by Crippen LogP contribution is -2.59. The van der Waals surface area contributed by atoms with Crippen LogP contribution in [0.1, 0.15) is 31.8 Å². The fraction of sp³-hybridized carbons (Fsp3) is 0.211. The van der Waals surface area contributed by atoms with Gasteiger partial charge in [-0.25, -0.2) is 28.1 Å². The van der Waals surface area contributed by atoms with Crippen LogP contribution in [-0.4, -0.2) is 82.8 Å². The zero-order valence-electron chi connectivity index (χ0n) is 34.7. The smallest absolute Gasteiger partial charge is 0.397 e. The summed E-state index contributed by atoms with van der Waals surface area (Å²) in [5.74, 6) is -15.8. The normalized spacial score (nSPS) is 14.3. The Labute approximate surface area is 431 Å². The maximum absolute atomic E-state index is 14.8. The van der Waals surface area contributed by atoms with Crippen LogP contribution in [-0.2, 0) is 11.3 Å². The van der Waals surface area contributed by atoms with Crippen LogP contribution in [0.4, 0.5) is 102 Å². The highest BCUT2D eigenvalue weighted by Gasteiger charge is 2.83. The maximum atomic E-state index is 14.8. The average molecular weight is 1340 g/mol. The number of nitrogens with two attached hydrogens (primary N) is 1. The summed E-state index contributed by atoms with van der Waals surface area (Å²) >= 11 is 10.6. The fourth-order valence-corrected chi connectivity index (χ4v) is 8.93. The molecule has 0 aliphatic rings. The number of rotatable bonds is 11. The van der Waals surface area contributed by atoms with Gasteiger partial charge in [-0.15, -0.1) is 0 Å². The molecule has 14 nitrogen and oxygen atoms in total. The van der Waals surface area contributed by atoms with Gasteiger partial charge >= 0.3 is 47.9 Å². The number of hydrogen-bond donors (Lipinski definition) is 3. The first-order chi connectivity index (χ1) is 33.7. The summed E-state index contributed by atoms with van der Waals surface area (Å²) in [5, 5.41) is 23.4. The molecular formula is C38H18Br4F18N10O4. The first kappa shape index (κ1) is 58.8. The van der Waals surface area contributed by atoms with E-state index in [1.165, 1.54) is 35.5 Å². The summed E-state index contributed by atoms with van der Waals surface area (Å²) in [6, 6.07) is 7.03. The molecule has 0 spiro atoms. The van der Waals surface area contributed by atoms with Gasteiger partial charge in [-0.3, -0.25) is 19.7 Å². The Morgan fingerprint density at radius 3 is 1.16 bits per heavy atom. The van der Waals surface area contributed by atoms with Crippen LogP contribution >= 0.6 is 63.7 Å². The predicted molar refractivity (Wildman–Crippen MR) is 233 cm³/mol. The topological polar surface area (TPSA) is 189 Å². The summed E-state index contributed by atoms with van der Waals surface area (Å²) in [4.78, 5) is 43.3. The maximum Gasteiger partial charge on any atom is 0.457 e. The molecule has 6 rings (SSSR count). The molecule has 2 amide bonds. The number of amides is 2. The van der Waals surface area contributed by atoms with E-state index in [1.807, 2.05) is 0 Å². The van der Waals surface area contributed by atoms with Crippen LogP contribution < -0.4 is 16.4 Å². The van der Waals surface area contributed by atoms with E-state index in [0.717, 1.165) is 35.5 Å². The Hall–Kier alpha value is -6.04. The number of carbonyl (C=O) groups is 2. The minimum Gasteiger partial charge on any atom is -0.397 e. The third kappa shape index (κ3) is 10.9. The minimum absolute atomic E-state index is 0.0101. The molecule has 0 radical (unpaired) electrons. The lowest BCUT2D eigenvalue weighted by atomic mass is 9.87. The van der Waals surface area contributed by atoms with Gasteiger partial charge in [-0.05, 0) is 118 Å². The molecule has 0 aliphatic heterocycles. The van der Waals surface area contributed by atoms with E-state index in [4.69, 9.17) is 5.73 Å². The summed E-state index contributed by atoms with van der Waals surface area (Å²) in [5.41, 5.74) is -12.3. The summed E-state index contributed by atoms with van der Waals surface area (Å²) in [6.45, 7) is 0. The number of alkyl halides is 18. The molecule has 0 fully saturated rings. The van der Waals surface area contributed by atoms with E-state index in [9.17, 15) is 98.7 Å². The molecule has 2 unspecified atom stereocenters. The van der Waals surface area contributed by atoms with E-state index in [0.29, 0.717) is 5.69 Å². The Bertz CT molecular complexity index is 3060. The van der Waals surface area contributed by atoms with Crippen LogP contribution in [0.15, 0.2) is 104 Å². The van der Waals surface area contributed by atoms with Gasteiger partial charge in [0.15, 0.2) is 0 Å². The van der Waals surface area contributed by atoms with Gasteiger partial charge in [-0.2, -0.15) is 80.4 Å². The summed E-state index contributed by atoms with van der Waals surface area (Å²) in [7, 11) is 0. The number of nitrogen functional groups attached to an aromatic ring is 1. The highest BCUT2D eigenvalue weighted by molar-refractivity contribution is 9.11. The predicted octanol–water partition coefficient (Wildman–Crippen LogP) is 13.4. The molecule has 74 heavy (non-hydrogen) atoms. The lowest BCUT2D eigenvalue weighted by molar-refractivity contribution is -0.389. The molecule has 0 bridgehead atoms. The van der Waals surface area contributed by atoms with Gasteiger partial charge in [0, 0.05) is 46.2 Å². The van der Waals surface area contributed by atoms with Crippen LogP contribution in [0.2, 0.25) is 0 Å². The first-order valence-electron chi connectivity index (χ1n) is 18.6. The van der Waals surface area contributed by atoms with Gasteiger partial charge < -0.3 is 16.4 Å². The van der Waals surface area contributed by atoms with Crippen molar-refractivity contribution in [2.24, 2.45) is 0 Å². The van der Waals surface area contributed by atoms with Gasteiger partial charge in [0.2, 0.25) is 0 Å². The number of halogens is 22. The standard InChI is InChI=1S/C19H8Br2F9N5O3.C19H10Br2F9N5O/c20-10-4-9(16(22,18(25,26)27)17(23,24)19(28,29)30)5-11(21)14(10)33-15(36)8-1-2-12(13(3-8)35(37)38)34-7-31-6-32-34;20-10-4-9(16(22,18(25,26)27)17(23,24)19(28,29)30)5-11(21)14(10)34-15(36)8-1-2-13(12(31)3-8)35-7-32-6-33-35/h1-7H,(H,33,36);1-7H,31H2,(H,34,36). The van der Waals surface area contributed by atoms with Crippen molar-refractivity contribution in [2.75, 3.05) is 16.4 Å². The van der Waals surface area contributed by atoms with Gasteiger partial charge in [0.1, 0.15) is 31.0 Å². The highest BCUT2D eigenvalue weighted by atomic mass is 79.9. The number of nitro groups is 1. The molecule has 0 aliphatic carbocycles. The molecule has 2 atom stereocenters. The number of nitrogens with zero attached hydrogens (tertiary/aromatic N) is 7. The second-order valence-electron chi connectivity index (χ2n) is 14.4. The molecule has 2 heterocycles. The van der Waals surface area contributed by atoms with Crippen molar-refractivity contribution in [3.05, 3.63) is 136 Å². The van der Waals surface area contributed by atoms with Gasteiger partial charge in [0.05, 0.1) is 27.7 Å². The lowest BCUT2D eigenvalue weighted by Gasteiger charge is -2.36. The quantitative estimate of drug-likeness (QED) is 0.0491. The van der Waals surface area contributed by atoms with E-state index in [2.05, 4.69) is 94.5 Å². The SMILES string of the molecule is Nc1cc(C(=O)Nc2c(Br)cc(C(F)(C(F)(F)F)C(F)(F)C(F)(F)F)cc2Br)ccc1-n1cncn1.O=C(Nc1c(Br)cc(C(F)(C(F)(F)F)C(F)(F)C(F)(F)F)cc1Br)c1ccc(-n2cncn2)c([N+](=O)[O-])c1. The van der Waals surface area contributed by atoms with E-state index < -0.39 is 105 Å². The average Bonchev–Trinajstić information content (AvgIpc) is 4.02. The van der Waals surface area contributed by atoms with E-state index in [-0.39, 0.29) is 52.5 Å². The largest absolute Gasteiger partial charge is 0.457 e. The van der Waals surface area contributed by atoms with Crippen LogP contribution in [0, 0.1) is 10.1 Å². The van der Waals surface area contributed by atoms with Crippen molar-refractivity contribution < 1.29 is 93.5 Å². The van der Waals surface area contributed by atoms with Crippen molar-refractivity contribution >= 4 is 98.3 Å². The van der Waals surface area contributed by atoms with Crippen LogP contribution in [0.5, 0.6) is 0 Å². The van der Waals surface area contributed by atoms with Crippen LogP contribution in [0.3, 0.4) is 0 Å². The number of nitrogens with one attached hydrogen (secondary N) is 2. The number of aromatic nitrogens is 6. The van der Waals surface area contributed by atoms with Crippen molar-refractivity contribution in [1.82, 2.24) is 29.5 Å². The molecule has 6 aromatic rings. The third-order valence-corrected chi connectivity index (χ3v) is 12.3. The third-order valence-electron chi connectivity index (χ3n) is 9.77. The fourth-order valence-electron chi connectivity index (χ4n) is 6.17. The molecular weight excluding hydrogens is 1320 g/mol. The molecule has 0 saturated carbocycles. The second-order valence-corrected chi connectivity index (χ2v) is 17.8. The Balaban J connectivity index is 0.000000274. The minimum atomic E-state index is -6.92. The monoisotopic (exact) mass is 1340 g/mol. The number of benzene rings is 4. The Morgan fingerprint density at radius 1 is 0.527 bits per heavy atom. The van der Waals surface area contributed by atoms with E-state index in [1.54, 1.807) is 0 Å². The zero-order chi connectivity index (χ0) is 56.1. The number of carbonyl (C=O) groups excluding carboxylic acids is 2. The van der Waals surface area contributed by atoms with E-state index >= 15 is 0 Å². The zero-order valence-corrected chi connectivity index (χ0v) is 41.1. The Morgan fingerprint density at radius 2 is 0.865 bits per heavy atom. The molecule has 36 heteroatoms. The second kappa shape index (κ2) is 20.6. The van der Waals surface area contributed by atoms with Gasteiger partial charge in [0.25, 0.3) is 17.5 Å². The van der Waals surface area contributed by atoms with Crippen molar-refractivity contribution in [2.45, 2.75) is 47.9 Å². The van der Waals surface area contributed by atoms with Crippen LogP contribution in [0.25, 0.3) is 11.4 Å². The van der Waals surface area contributed by atoms with Crippen molar-refractivity contribution in [3.8, 4) is 11.4 Å². The van der Waals surface area contributed by atoms with Gasteiger partial charge in [-0.1, -0.05) is 0 Å². The highest BCUT2D eigenvalue weighted by Crippen LogP contribution is 2.61. The Kier molecular flexibility index (Phi) is 16.4. The molecule has 0 saturated heterocycles. The molecule has 4 N–H and O–H groups in total. The number of nitro benzene ring substituents is 1. The summed E-state index contributed by atoms with van der Waals surface area (Å²) < 4.78 is 241. The summed E-state index contributed by atoms with van der Waals surface area (Å²) in [6.07, 6.45) is -22.4. The number of anilines is 3. The first-order valence-corrected chi connectivity index (χ1v) is 21.8. The molecule has 398 valence electrons. The number of hydrogen-bond acceptors (Lipinski definition) is 9. The van der Waals surface area contributed by atoms with Crippen molar-refractivity contribution in [1.29, 1.82) is 0 Å². The molecule has 4 aromatic carbocycles. The van der Waals surface area contributed by atoms with Crippen molar-refractivity contribution in [3.63, 3.8) is 0 Å². The molecule has 2 aromatic heterocycles.